The van der Waals surface area contributed by atoms with Crippen LogP contribution in [0.3, 0.4) is 0 Å². The second-order valence-electron chi connectivity index (χ2n) is 3.51. The van der Waals surface area contributed by atoms with Gasteiger partial charge >= 0.3 is 0 Å². The third-order valence-corrected chi connectivity index (χ3v) is 3.31. The fraction of sp³-hybridized carbons (Fsp3) is 0.778. The number of carbonyl (C=O) groups excluding carboxylic acids is 1. The predicted molar refractivity (Wildman–Crippen MR) is 64.5 cm³/mol. The lowest BCUT2D eigenvalue weighted by Crippen LogP contribution is -2.44. The maximum absolute atomic E-state index is 11.6. The Morgan fingerprint density at radius 1 is 1.71 bits per heavy atom. The van der Waals surface area contributed by atoms with Crippen molar-refractivity contribution in [2.45, 2.75) is 12.8 Å². The summed E-state index contributed by atoms with van der Waals surface area (Å²) in [6.45, 7) is 1.58. The molecule has 1 aliphatic rings. The van der Waals surface area contributed by atoms with E-state index >= 15 is 0 Å². The van der Waals surface area contributed by atoms with Crippen LogP contribution in [0.25, 0.3) is 0 Å². The van der Waals surface area contributed by atoms with Crippen LogP contribution in [0, 0.1) is 5.92 Å². The molecule has 1 heterocycles. The number of likely N-dealkylation sites (tertiary alicyclic amines) is 1. The number of hydrogen-bond donors (Lipinski definition) is 1. The van der Waals surface area contributed by atoms with Crippen molar-refractivity contribution in [2.24, 2.45) is 11.7 Å². The highest BCUT2D eigenvalue weighted by atomic mass is 32.2. The van der Waals surface area contributed by atoms with E-state index in [1.54, 1.807) is 11.8 Å². The van der Waals surface area contributed by atoms with Crippen molar-refractivity contribution < 1.29 is 4.79 Å². The molecule has 0 aromatic rings. The SMILES string of the molecule is CSCC(=O)N1CCCC(C(N)=S)C1. The summed E-state index contributed by atoms with van der Waals surface area (Å²) in [4.78, 5) is 14.0. The molecule has 0 aliphatic carbocycles. The van der Waals surface area contributed by atoms with Crippen molar-refractivity contribution in [3.8, 4) is 0 Å². The topological polar surface area (TPSA) is 46.3 Å². The quantitative estimate of drug-likeness (QED) is 0.734. The van der Waals surface area contributed by atoms with E-state index < -0.39 is 0 Å². The molecule has 1 amide bonds. The summed E-state index contributed by atoms with van der Waals surface area (Å²) < 4.78 is 0. The first-order valence-electron chi connectivity index (χ1n) is 4.71. The van der Waals surface area contributed by atoms with Crippen LogP contribution in [0.5, 0.6) is 0 Å². The van der Waals surface area contributed by atoms with Gasteiger partial charge < -0.3 is 10.6 Å². The Morgan fingerprint density at radius 2 is 2.43 bits per heavy atom. The van der Waals surface area contributed by atoms with E-state index in [0.29, 0.717) is 17.3 Å². The van der Waals surface area contributed by atoms with Crippen molar-refractivity contribution in [1.82, 2.24) is 4.90 Å². The zero-order chi connectivity index (χ0) is 10.6. The van der Waals surface area contributed by atoms with Gasteiger partial charge in [0.1, 0.15) is 0 Å². The third-order valence-electron chi connectivity index (χ3n) is 2.44. The van der Waals surface area contributed by atoms with Gasteiger partial charge in [-0.25, -0.2) is 0 Å². The molecule has 14 heavy (non-hydrogen) atoms. The molecule has 0 spiro atoms. The highest BCUT2D eigenvalue weighted by molar-refractivity contribution is 7.99. The molecule has 80 valence electrons. The first-order valence-corrected chi connectivity index (χ1v) is 6.51. The molecule has 1 unspecified atom stereocenters. The smallest absolute Gasteiger partial charge is 0.232 e. The van der Waals surface area contributed by atoms with Crippen LogP contribution >= 0.6 is 24.0 Å². The number of carbonyl (C=O) groups is 1. The van der Waals surface area contributed by atoms with Gasteiger partial charge in [-0.05, 0) is 19.1 Å². The van der Waals surface area contributed by atoms with Crippen LogP contribution in [0.2, 0.25) is 0 Å². The van der Waals surface area contributed by atoms with Crippen molar-refractivity contribution >= 4 is 34.9 Å². The van der Waals surface area contributed by atoms with E-state index in [1.807, 2.05) is 11.2 Å². The Morgan fingerprint density at radius 3 is 3.00 bits per heavy atom. The molecule has 0 aromatic carbocycles. The minimum Gasteiger partial charge on any atom is -0.393 e. The number of piperidine rings is 1. The molecular formula is C9H16N2OS2. The molecule has 1 aliphatic heterocycles. The summed E-state index contributed by atoms with van der Waals surface area (Å²) in [5.41, 5.74) is 5.59. The first-order chi connectivity index (χ1) is 6.65. The lowest BCUT2D eigenvalue weighted by Gasteiger charge is -2.32. The maximum Gasteiger partial charge on any atom is 0.232 e. The first kappa shape index (κ1) is 11.8. The van der Waals surface area contributed by atoms with E-state index in [0.717, 1.165) is 19.4 Å². The van der Waals surface area contributed by atoms with Gasteiger partial charge in [-0.1, -0.05) is 12.2 Å². The van der Waals surface area contributed by atoms with Crippen molar-refractivity contribution in [3.63, 3.8) is 0 Å². The summed E-state index contributed by atoms with van der Waals surface area (Å²) in [5, 5.41) is 0. The number of hydrogen-bond acceptors (Lipinski definition) is 3. The van der Waals surface area contributed by atoms with Crippen LogP contribution in [-0.2, 0) is 4.79 Å². The average Bonchev–Trinajstić information content (AvgIpc) is 2.18. The van der Waals surface area contributed by atoms with Gasteiger partial charge in [-0.3, -0.25) is 4.79 Å². The molecular weight excluding hydrogens is 216 g/mol. The minimum absolute atomic E-state index is 0.207. The van der Waals surface area contributed by atoms with Crippen LogP contribution in [0.15, 0.2) is 0 Å². The van der Waals surface area contributed by atoms with Gasteiger partial charge in [0.05, 0.1) is 10.7 Å². The number of thiocarbonyl (C=S) groups is 1. The summed E-state index contributed by atoms with van der Waals surface area (Å²) in [7, 11) is 0. The number of rotatable bonds is 3. The van der Waals surface area contributed by atoms with E-state index in [4.69, 9.17) is 18.0 Å². The number of amides is 1. The Balaban J connectivity index is 2.47. The largest absolute Gasteiger partial charge is 0.393 e. The van der Waals surface area contributed by atoms with Gasteiger partial charge in [0.15, 0.2) is 0 Å². The Labute approximate surface area is 94.4 Å². The van der Waals surface area contributed by atoms with Crippen LogP contribution in [0.1, 0.15) is 12.8 Å². The summed E-state index contributed by atoms with van der Waals surface area (Å²) in [6.07, 6.45) is 3.98. The van der Waals surface area contributed by atoms with E-state index in [2.05, 4.69) is 0 Å². The number of thioether (sulfide) groups is 1. The molecule has 5 heteroatoms. The molecule has 1 saturated heterocycles. The molecule has 3 nitrogen and oxygen atoms in total. The highest BCUT2D eigenvalue weighted by Gasteiger charge is 2.24. The summed E-state index contributed by atoms with van der Waals surface area (Å²) in [5.74, 6) is 0.993. The van der Waals surface area contributed by atoms with E-state index in [9.17, 15) is 4.79 Å². The van der Waals surface area contributed by atoms with Gasteiger partial charge in [-0.15, -0.1) is 0 Å². The normalized spacial score (nSPS) is 22.1. The molecule has 2 N–H and O–H groups in total. The van der Waals surface area contributed by atoms with Gasteiger partial charge in [0, 0.05) is 19.0 Å². The highest BCUT2D eigenvalue weighted by Crippen LogP contribution is 2.17. The standard InChI is InChI=1S/C9H16N2OS2/c1-14-6-8(12)11-4-2-3-7(5-11)9(10)13/h7H,2-6H2,1H3,(H2,10,13). The minimum atomic E-state index is 0.207. The fourth-order valence-electron chi connectivity index (χ4n) is 1.65. The Hall–Kier alpha value is -0.290. The van der Waals surface area contributed by atoms with Crippen molar-refractivity contribution in [2.75, 3.05) is 25.1 Å². The second kappa shape index (κ2) is 5.56. The predicted octanol–water partition coefficient (Wildman–Crippen LogP) is 0.874. The Kier molecular flexibility index (Phi) is 4.68. The van der Waals surface area contributed by atoms with Crippen molar-refractivity contribution in [1.29, 1.82) is 0 Å². The van der Waals surface area contributed by atoms with E-state index in [-0.39, 0.29) is 11.8 Å². The average molecular weight is 232 g/mol. The number of nitrogens with zero attached hydrogens (tertiary/aromatic N) is 1. The Bertz CT molecular complexity index is 233. The van der Waals surface area contributed by atoms with Crippen LogP contribution in [0.4, 0.5) is 0 Å². The molecule has 0 radical (unpaired) electrons. The molecule has 1 rings (SSSR count). The molecule has 1 fully saturated rings. The van der Waals surface area contributed by atoms with E-state index in [1.165, 1.54) is 0 Å². The van der Waals surface area contributed by atoms with Gasteiger partial charge in [0.2, 0.25) is 5.91 Å². The van der Waals surface area contributed by atoms with Crippen LogP contribution in [-0.4, -0.2) is 40.9 Å². The van der Waals surface area contributed by atoms with Gasteiger partial charge in [0.25, 0.3) is 0 Å². The zero-order valence-electron chi connectivity index (χ0n) is 8.36. The lowest BCUT2D eigenvalue weighted by molar-refractivity contribution is -0.129. The molecule has 0 aromatic heterocycles. The molecule has 1 atom stereocenters. The summed E-state index contributed by atoms with van der Waals surface area (Å²) in [6, 6.07) is 0. The number of nitrogens with two attached hydrogens (primary N) is 1. The zero-order valence-corrected chi connectivity index (χ0v) is 10.00. The lowest BCUT2D eigenvalue weighted by atomic mass is 9.98. The molecule has 0 bridgehead atoms. The monoisotopic (exact) mass is 232 g/mol. The summed E-state index contributed by atoms with van der Waals surface area (Å²) >= 11 is 6.51. The van der Waals surface area contributed by atoms with Gasteiger partial charge in [-0.2, -0.15) is 11.8 Å². The fourth-order valence-corrected chi connectivity index (χ4v) is 2.27. The van der Waals surface area contributed by atoms with Crippen LogP contribution < -0.4 is 5.73 Å². The third kappa shape index (κ3) is 3.13. The molecule has 0 saturated carbocycles. The maximum atomic E-state index is 11.6. The second-order valence-corrected chi connectivity index (χ2v) is 4.85. The van der Waals surface area contributed by atoms with Crippen molar-refractivity contribution in [3.05, 3.63) is 0 Å².